The van der Waals surface area contributed by atoms with Crippen molar-refractivity contribution in [1.82, 2.24) is 0 Å². The number of carbonyl (C=O) groups is 1. The topological polar surface area (TPSA) is 40.5 Å². The van der Waals surface area contributed by atoms with Crippen molar-refractivity contribution < 1.29 is 9.90 Å². The lowest BCUT2D eigenvalue weighted by Crippen LogP contribution is -2.10. The molecule has 1 aromatic rings. The third-order valence-corrected chi connectivity index (χ3v) is 2.38. The third-order valence-electron chi connectivity index (χ3n) is 2.38. The highest BCUT2D eigenvalue weighted by molar-refractivity contribution is 5.67. The molecule has 0 fully saturated rings. The van der Waals surface area contributed by atoms with Crippen LogP contribution in [-0.4, -0.2) is 25.2 Å². The van der Waals surface area contributed by atoms with Gasteiger partial charge in [-0.1, -0.05) is 12.1 Å². The lowest BCUT2D eigenvalue weighted by atomic mass is 10.1. The van der Waals surface area contributed by atoms with Crippen LogP contribution < -0.4 is 4.90 Å². The van der Waals surface area contributed by atoms with Gasteiger partial charge >= 0.3 is 5.97 Å². The molecule has 0 aliphatic carbocycles. The summed E-state index contributed by atoms with van der Waals surface area (Å²) in [5.74, 6) is -0.748. The number of hydrogen-bond donors (Lipinski definition) is 1. The van der Waals surface area contributed by atoms with E-state index in [0.29, 0.717) is 6.42 Å². The summed E-state index contributed by atoms with van der Waals surface area (Å²) in [6.45, 7) is 2.05. The van der Waals surface area contributed by atoms with Crippen molar-refractivity contribution in [1.29, 1.82) is 0 Å². The van der Waals surface area contributed by atoms with E-state index in [9.17, 15) is 4.79 Å². The van der Waals surface area contributed by atoms with Crippen LogP contribution in [0, 0.1) is 6.92 Å². The van der Waals surface area contributed by atoms with Gasteiger partial charge in [-0.15, -0.1) is 0 Å². The van der Waals surface area contributed by atoms with Gasteiger partial charge in [0.15, 0.2) is 0 Å². The summed E-state index contributed by atoms with van der Waals surface area (Å²) >= 11 is 0. The zero-order valence-electron chi connectivity index (χ0n) is 9.45. The number of benzene rings is 1. The maximum Gasteiger partial charge on any atom is 0.303 e. The van der Waals surface area contributed by atoms with Crippen molar-refractivity contribution in [2.45, 2.75) is 19.8 Å². The van der Waals surface area contributed by atoms with Gasteiger partial charge in [0.1, 0.15) is 0 Å². The van der Waals surface area contributed by atoms with E-state index in [2.05, 4.69) is 13.0 Å². The number of hydrogen-bond acceptors (Lipinski definition) is 2. The van der Waals surface area contributed by atoms with E-state index in [1.807, 2.05) is 31.1 Å². The molecule has 0 saturated heterocycles. The molecule has 0 spiro atoms. The van der Waals surface area contributed by atoms with Gasteiger partial charge in [0.2, 0.25) is 0 Å². The number of anilines is 1. The van der Waals surface area contributed by atoms with Gasteiger partial charge in [0, 0.05) is 26.2 Å². The number of rotatable bonds is 4. The Morgan fingerprint density at radius 3 is 2.60 bits per heavy atom. The van der Waals surface area contributed by atoms with Crippen molar-refractivity contribution in [3.8, 4) is 0 Å². The molecule has 15 heavy (non-hydrogen) atoms. The number of carboxylic acids is 1. The van der Waals surface area contributed by atoms with E-state index in [1.165, 1.54) is 5.56 Å². The molecule has 0 amide bonds. The van der Waals surface area contributed by atoms with Gasteiger partial charge in [-0.05, 0) is 30.5 Å². The van der Waals surface area contributed by atoms with E-state index in [0.717, 1.165) is 11.3 Å². The summed E-state index contributed by atoms with van der Waals surface area (Å²) in [5.41, 5.74) is 3.43. The Morgan fingerprint density at radius 1 is 1.40 bits per heavy atom. The van der Waals surface area contributed by atoms with Crippen molar-refractivity contribution in [2.75, 3.05) is 19.0 Å². The smallest absolute Gasteiger partial charge is 0.303 e. The molecule has 3 nitrogen and oxygen atoms in total. The van der Waals surface area contributed by atoms with Crippen LogP contribution in [0.25, 0.3) is 0 Å². The molecule has 0 radical (unpaired) electrons. The maximum atomic E-state index is 10.4. The van der Waals surface area contributed by atoms with Crippen molar-refractivity contribution in [3.05, 3.63) is 29.3 Å². The van der Waals surface area contributed by atoms with Crippen LogP contribution in [0.2, 0.25) is 0 Å². The first-order chi connectivity index (χ1) is 7.00. The predicted molar refractivity (Wildman–Crippen MR) is 61.5 cm³/mol. The molecular weight excluding hydrogens is 190 g/mol. The largest absolute Gasteiger partial charge is 0.481 e. The molecule has 82 valence electrons. The van der Waals surface area contributed by atoms with E-state index < -0.39 is 5.97 Å². The fraction of sp³-hybridized carbons (Fsp3) is 0.417. The summed E-state index contributed by atoms with van der Waals surface area (Å²) in [4.78, 5) is 12.5. The Kier molecular flexibility index (Phi) is 3.72. The normalized spacial score (nSPS) is 10.1. The van der Waals surface area contributed by atoms with Gasteiger partial charge in [0.25, 0.3) is 0 Å². The minimum Gasteiger partial charge on any atom is -0.481 e. The molecule has 0 bridgehead atoms. The third kappa shape index (κ3) is 3.27. The molecular formula is C12H17NO2. The van der Waals surface area contributed by atoms with Gasteiger partial charge in [-0.2, -0.15) is 0 Å². The number of carboxylic acid groups (broad SMARTS) is 1. The number of aryl methyl sites for hydroxylation is 2. The van der Waals surface area contributed by atoms with Crippen molar-refractivity contribution in [3.63, 3.8) is 0 Å². The SMILES string of the molecule is Cc1ccc(CCC(=O)O)cc1N(C)C. The van der Waals surface area contributed by atoms with E-state index in [-0.39, 0.29) is 6.42 Å². The first kappa shape index (κ1) is 11.6. The lowest BCUT2D eigenvalue weighted by Gasteiger charge is -2.16. The van der Waals surface area contributed by atoms with Crippen LogP contribution in [0.3, 0.4) is 0 Å². The Morgan fingerprint density at radius 2 is 2.07 bits per heavy atom. The number of aliphatic carboxylic acids is 1. The zero-order valence-corrected chi connectivity index (χ0v) is 9.45. The fourth-order valence-electron chi connectivity index (χ4n) is 1.54. The zero-order chi connectivity index (χ0) is 11.4. The van der Waals surface area contributed by atoms with Crippen molar-refractivity contribution in [2.24, 2.45) is 0 Å². The standard InChI is InChI=1S/C12H17NO2/c1-9-4-5-10(6-7-12(14)15)8-11(9)13(2)3/h4-5,8H,6-7H2,1-3H3,(H,14,15). The highest BCUT2D eigenvalue weighted by atomic mass is 16.4. The molecule has 3 heteroatoms. The van der Waals surface area contributed by atoms with Gasteiger partial charge in [-0.3, -0.25) is 4.79 Å². The quantitative estimate of drug-likeness (QED) is 0.821. The Balaban J connectivity index is 2.83. The van der Waals surface area contributed by atoms with Crippen LogP contribution in [0.15, 0.2) is 18.2 Å². The van der Waals surface area contributed by atoms with Gasteiger partial charge in [0.05, 0.1) is 0 Å². The van der Waals surface area contributed by atoms with Crippen LogP contribution in [0.1, 0.15) is 17.5 Å². The Hall–Kier alpha value is -1.51. The monoisotopic (exact) mass is 207 g/mol. The maximum absolute atomic E-state index is 10.4. The Bertz CT molecular complexity index is 359. The summed E-state index contributed by atoms with van der Waals surface area (Å²) in [5, 5.41) is 8.60. The molecule has 1 N–H and O–H groups in total. The molecule has 1 aromatic carbocycles. The molecule has 0 saturated carbocycles. The second kappa shape index (κ2) is 4.82. The summed E-state index contributed by atoms with van der Waals surface area (Å²) in [6, 6.07) is 6.08. The summed E-state index contributed by atoms with van der Waals surface area (Å²) < 4.78 is 0. The molecule has 1 rings (SSSR count). The first-order valence-corrected chi connectivity index (χ1v) is 4.99. The number of nitrogens with zero attached hydrogens (tertiary/aromatic N) is 1. The van der Waals surface area contributed by atoms with Crippen molar-refractivity contribution >= 4 is 11.7 Å². The lowest BCUT2D eigenvalue weighted by molar-refractivity contribution is -0.136. The van der Waals surface area contributed by atoms with E-state index >= 15 is 0 Å². The average molecular weight is 207 g/mol. The predicted octanol–water partition coefficient (Wildman–Crippen LogP) is 2.08. The molecule has 0 aromatic heterocycles. The van der Waals surface area contributed by atoms with Crippen LogP contribution in [-0.2, 0) is 11.2 Å². The van der Waals surface area contributed by atoms with Gasteiger partial charge in [-0.25, -0.2) is 0 Å². The molecule has 0 aliphatic rings. The van der Waals surface area contributed by atoms with Crippen LogP contribution in [0.4, 0.5) is 5.69 Å². The van der Waals surface area contributed by atoms with Crippen LogP contribution in [0.5, 0.6) is 0 Å². The second-order valence-electron chi connectivity index (χ2n) is 3.91. The fourth-order valence-corrected chi connectivity index (χ4v) is 1.54. The molecule has 0 heterocycles. The average Bonchev–Trinajstić information content (AvgIpc) is 2.16. The van der Waals surface area contributed by atoms with E-state index in [1.54, 1.807) is 0 Å². The minimum atomic E-state index is -0.748. The molecule has 0 unspecified atom stereocenters. The Labute approximate surface area is 90.3 Å². The summed E-state index contributed by atoms with van der Waals surface area (Å²) in [6.07, 6.45) is 0.784. The summed E-state index contributed by atoms with van der Waals surface area (Å²) in [7, 11) is 3.98. The highest BCUT2D eigenvalue weighted by Gasteiger charge is 2.04. The highest BCUT2D eigenvalue weighted by Crippen LogP contribution is 2.20. The minimum absolute atomic E-state index is 0.190. The van der Waals surface area contributed by atoms with E-state index in [4.69, 9.17) is 5.11 Å². The molecule has 0 aliphatic heterocycles. The molecule has 0 atom stereocenters. The van der Waals surface area contributed by atoms with Crippen LogP contribution >= 0.6 is 0 Å². The second-order valence-corrected chi connectivity index (χ2v) is 3.91. The first-order valence-electron chi connectivity index (χ1n) is 4.99. The van der Waals surface area contributed by atoms with Gasteiger partial charge < -0.3 is 10.0 Å².